The Labute approximate surface area is 129 Å². The van der Waals surface area contributed by atoms with Gasteiger partial charge in [0.2, 0.25) is 0 Å². The minimum atomic E-state index is -2.37. The average molecular weight is 329 g/mol. The highest BCUT2D eigenvalue weighted by molar-refractivity contribution is 5.85. The number of benzene rings is 1. The van der Waals surface area contributed by atoms with Crippen LogP contribution < -0.4 is 0 Å². The Morgan fingerprint density at radius 3 is 1.91 bits per heavy atom. The number of aliphatic carboxylic acids is 1. The fourth-order valence-electron chi connectivity index (χ4n) is 1.75. The Morgan fingerprint density at radius 1 is 1.00 bits per heavy atom. The van der Waals surface area contributed by atoms with Crippen LogP contribution in [0.15, 0.2) is 24.3 Å². The van der Waals surface area contributed by atoms with Gasteiger partial charge in [0.1, 0.15) is 18.3 Å². The number of nitrogens with zero attached hydrogens (tertiary/aromatic N) is 1. The number of carboxylic acids is 1. The molecule has 4 atom stereocenters. The molecule has 5 N–H and O–H groups in total. The summed E-state index contributed by atoms with van der Waals surface area (Å²) < 4.78 is 0. The molecule has 0 spiro atoms. The molecule has 0 saturated carbocycles. The first-order valence-electron chi connectivity index (χ1n) is 6.36. The zero-order valence-corrected chi connectivity index (χ0v) is 11.6. The summed E-state index contributed by atoms with van der Waals surface area (Å²) in [6.07, 6.45) is -9.37. The molecule has 126 valence electrons. The number of aliphatic hydroxyl groups is 4. The van der Waals surface area contributed by atoms with Crippen molar-refractivity contribution in [2.75, 3.05) is 0 Å². The Hall–Kier alpha value is -2.40. The van der Waals surface area contributed by atoms with Crippen molar-refractivity contribution in [3.63, 3.8) is 0 Å². The molecule has 0 saturated heterocycles. The third kappa shape index (κ3) is 4.79. The van der Waals surface area contributed by atoms with Gasteiger partial charge in [-0.2, -0.15) is 0 Å². The first-order valence-corrected chi connectivity index (χ1v) is 6.36. The first kappa shape index (κ1) is 18.6. The van der Waals surface area contributed by atoms with E-state index in [1.54, 1.807) is 0 Å². The zero-order valence-electron chi connectivity index (χ0n) is 11.6. The van der Waals surface area contributed by atoms with E-state index in [-0.39, 0.29) is 5.69 Å². The number of aliphatic hydroxyl groups excluding tert-OH is 4. The van der Waals surface area contributed by atoms with Gasteiger partial charge < -0.3 is 25.5 Å². The lowest BCUT2D eigenvalue weighted by molar-refractivity contribution is -0.384. The third-order valence-corrected chi connectivity index (χ3v) is 3.11. The maximum absolute atomic E-state index is 11.8. The van der Waals surface area contributed by atoms with Crippen molar-refractivity contribution in [3.05, 3.63) is 39.9 Å². The van der Waals surface area contributed by atoms with Crippen LogP contribution in [0.4, 0.5) is 5.69 Å². The zero-order chi connectivity index (χ0) is 17.7. The SMILES string of the molecule is O=C(O)C(O)C(O)C(O)C(O)C(=O)Cc1ccc([N+](=O)[O-])cc1. The normalized spacial score (nSPS) is 16.2. The fourth-order valence-corrected chi connectivity index (χ4v) is 1.75. The lowest BCUT2D eigenvalue weighted by Crippen LogP contribution is -2.50. The molecule has 4 unspecified atom stereocenters. The van der Waals surface area contributed by atoms with E-state index in [9.17, 15) is 35.0 Å². The molecular formula is C13H15NO9. The van der Waals surface area contributed by atoms with Crippen LogP contribution >= 0.6 is 0 Å². The predicted molar refractivity (Wildman–Crippen MR) is 73.5 cm³/mol. The number of nitro benzene ring substituents is 1. The van der Waals surface area contributed by atoms with E-state index < -0.39 is 47.5 Å². The van der Waals surface area contributed by atoms with Crippen molar-refractivity contribution in [1.82, 2.24) is 0 Å². The van der Waals surface area contributed by atoms with E-state index in [1.807, 2.05) is 0 Å². The molecule has 0 radical (unpaired) electrons. The molecular weight excluding hydrogens is 314 g/mol. The van der Waals surface area contributed by atoms with Crippen LogP contribution in [-0.2, 0) is 16.0 Å². The molecule has 10 nitrogen and oxygen atoms in total. The molecule has 1 aromatic carbocycles. The van der Waals surface area contributed by atoms with Crippen LogP contribution in [0, 0.1) is 10.1 Å². The highest BCUT2D eigenvalue weighted by Gasteiger charge is 2.37. The van der Waals surface area contributed by atoms with Gasteiger partial charge in [0.05, 0.1) is 4.92 Å². The van der Waals surface area contributed by atoms with Crippen LogP contribution in [0.5, 0.6) is 0 Å². The average Bonchev–Trinajstić information content (AvgIpc) is 2.52. The highest BCUT2D eigenvalue weighted by Crippen LogP contribution is 2.14. The summed E-state index contributed by atoms with van der Waals surface area (Å²) in [6.45, 7) is 0. The summed E-state index contributed by atoms with van der Waals surface area (Å²) in [4.78, 5) is 32.1. The minimum absolute atomic E-state index is 0.193. The summed E-state index contributed by atoms with van der Waals surface area (Å²) in [5.41, 5.74) is 0.113. The number of nitro groups is 1. The Balaban J connectivity index is 2.72. The van der Waals surface area contributed by atoms with Gasteiger partial charge in [-0.05, 0) is 5.56 Å². The number of hydrogen-bond acceptors (Lipinski definition) is 8. The van der Waals surface area contributed by atoms with E-state index in [0.717, 1.165) is 12.1 Å². The smallest absolute Gasteiger partial charge is 0.335 e. The van der Waals surface area contributed by atoms with E-state index >= 15 is 0 Å². The van der Waals surface area contributed by atoms with E-state index in [1.165, 1.54) is 12.1 Å². The van der Waals surface area contributed by atoms with Crippen LogP contribution in [0.25, 0.3) is 0 Å². The number of Topliss-reactive ketones (excluding diaryl/α,β-unsaturated/α-hetero) is 1. The minimum Gasteiger partial charge on any atom is -0.479 e. The Kier molecular flexibility index (Phi) is 6.28. The number of carbonyl (C=O) groups excluding carboxylic acids is 1. The molecule has 0 aliphatic heterocycles. The second-order valence-corrected chi connectivity index (χ2v) is 4.78. The summed E-state index contributed by atoms with van der Waals surface area (Å²) in [5.74, 6) is -2.78. The van der Waals surface area contributed by atoms with Crippen LogP contribution in [0.2, 0.25) is 0 Å². The molecule has 0 aliphatic carbocycles. The molecule has 0 bridgehead atoms. The third-order valence-electron chi connectivity index (χ3n) is 3.11. The van der Waals surface area contributed by atoms with Crippen molar-refractivity contribution < 1.29 is 40.0 Å². The molecule has 0 aromatic heterocycles. The monoisotopic (exact) mass is 329 g/mol. The maximum atomic E-state index is 11.8. The highest BCUT2D eigenvalue weighted by atomic mass is 16.6. The largest absolute Gasteiger partial charge is 0.479 e. The van der Waals surface area contributed by atoms with E-state index in [4.69, 9.17) is 10.2 Å². The summed E-state index contributed by atoms with van der Waals surface area (Å²) in [5, 5.41) is 56.6. The number of ketones is 1. The second kappa shape index (κ2) is 7.74. The molecule has 0 amide bonds. The van der Waals surface area contributed by atoms with Gasteiger partial charge in [-0.1, -0.05) is 12.1 Å². The quantitative estimate of drug-likeness (QED) is 0.273. The number of rotatable bonds is 8. The number of hydrogen-bond donors (Lipinski definition) is 5. The van der Waals surface area contributed by atoms with Crippen molar-refractivity contribution in [3.8, 4) is 0 Å². The fraction of sp³-hybridized carbons (Fsp3) is 0.385. The van der Waals surface area contributed by atoms with Crippen molar-refractivity contribution >= 4 is 17.4 Å². The summed E-state index contributed by atoms with van der Waals surface area (Å²) >= 11 is 0. The van der Waals surface area contributed by atoms with Crippen LogP contribution in [0.1, 0.15) is 5.56 Å². The first-order chi connectivity index (χ1) is 10.6. The maximum Gasteiger partial charge on any atom is 0.335 e. The van der Waals surface area contributed by atoms with Crippen LogP contribution in [0.3, 0.4) is 0 Å². The molecule has 0 fully saturated rings. The molecule has 23 heavy (non-hydrogen) atoms. The second-order valence-electron chi connectivity index (χ2n) is 4.78. The lowest BCUT2D eigenvalue weighted by atomic mass is 9.96. The summed E-state index contributed by atoms with van der Waals surface area (Å²) in [6, 6.07) is 4.85. The van der Waals surface area contributed by atoms with E-state index in [2.05, 4.69) is 0 Å². The van der Waals surface area contributed by atoms with E-state index in [0.29, 0.717) is 5.56 Å². The van der Waals surface area contributed by atoms with Crippen molar-refractivity contribution in [2.24, 2.45) is 0 Å². The standard InChI is InChI=1S/C13H15NO9/c15-8(5-6-1-3-7(4-2-6)14(22)23)9(16)10(17)11(18)12(19)13(20)21/h1-4,9-12,16-19H,5H2,(H,20,21). The van der Waals surface area contributed by atoms with Crippen molar-refractivity contribution in [2.45, 2.75) is 30.8 Å². The molecule has 0 aliphatic rings. The molecule has 10 heteroatoms. The molecule has 0 heterocycles. The van der Waals surface area contributed by atoms with Gasteiger partial charge in [-0.15, -0.1) is 0 Å². The van der Waals surface area contributed by atoms with Gasteiger partial charge in [0.25, 0.3) is 5.69 Å². The summed E-state index contributed by atoms with van der Waals surface area (Å²) in [7, 11) is 0. The number of non-ortho nitro benzene ring substituents is 1. The predicted octanol–water partition coefficient (Wildman–Crippen LogP) is -1.77. The lowest BCUT2D eigenvalue weighted by Gasteiger charge is -2.23. The van der Waals surface area contributed by atoms with Crippen LogP contribution in [-0.4, -0.2) is 66.6 Å². The molecule has 1 rings (SSSR count). The van der Waals surface area contributed by atoms with Gasteiger partial charge >= 0.3 is 5.97 Å². The number of carbonyl (C=O) groups is 2. The van der Waals surface area contributed by atoms with Crippen molar-refractivity contribution in [1.29, 1.82) is 0 Å². The number of carboxylic acid groups (broad SMARTS) is 1. The van der Waals surface area contributed by atoms with Gasteiger partial charge in [-0.25, -0.2) is 4.79 Å². The van der Waals surface area contributed by atoms with Gasteiger partial charge in [-0.3, -0.25) is 14.9 Å². The Bertz CT molecular complexity index is 586. The van der Waals surface area contributed by atoms with Gasteiger partial charge in [0, 0.05) is 18.6 Å². The molecule has 1 aromatic rings. The Morgan fingerprint density at radius 2 is 1.48 bits per heavy atom. The van der Waals surface area contributed by atoms with Gasteiger partial charge in [0.15, 0.2) is 11.9 Å². The topological polar surface area (TPSA) is 178 Å².